The van der Waals surface area contributed by atoms with Crippen LogP contribution in [0.15, 0.2) is 12.3 Å². The largest absolute Gasteiger partial charge is 0.297 e. The van der Waals surface area contributed by atoms with E-state index in [0.29, 0.717) is 12.5 Å². The van der Waals surface area contributed by atoms with Crippen molar-refractivity contribution in [2.45, 2.75) is 52.1 Å². The fraction of sp³-hybridized carbons (Fsp3) is 0.714. The Morgan fingerprint density at radius 3 is 2.50 bits per heavy atom. The molecular weight excluding hydrogens is 226 g/mol. The number of likely N-dealkylation sites (N-methyl/N-ethyl adjacent to an activating group) is 1. The lowest BCUT2D eigenvalue weighted by Crippen LogP contribution is -2.48. The number of Topliss-reactive ketones (excluding diaryl/α,β-unsaturated/α-hetero) is 1. The van der Waals surface area contributed by atoms with Gasteiger partial charge < -0.3 is 0 Å². The van der Waals surface area contributed by atoms with Crippen LogP contribution in [0.2, 0.25) is 0 Å². The zero-order valence-electron chi connectivity index (χ0n) is 12.4. The van der Waals surface area contributed by atoms with Crippen molar-refractivity contribution in [1.82, 2.24) is 14.7 Å². The van der Waals surface area contributed by atoms with E-state index in [1.165, 1.54) is 0 Å². The topological polar surface area (TPSA) is 38.1 Å². The number of hydrogen-bond donors (Lipinski definition) is 0. The predicted octanol–water partition coefficient (Wildman–Crippen LogP) is 2.31. The van der Waals surface area contributed by atoms with Crippen molar-refractivity contribution >= 4 is 5.78 Å². The molecule has 1 unspecified atom stereocenters. The highest BCUT2D eigenvalue weighted by molar-refractivity contribution is 5.89. The maximum atomic E-state index is 12.4. The Kier molecular flexibility index (Phi) is 4.68. The Morgan fingerprint density at radius 1 is 1.50 bits per heavy atom. The average Bonchev–Trinajstić information content (AvgIpc) is 2.76. The minimum atomic E-state index is -0.401. The van der Waals surface area contributed by atoms with Gasteiger partial charge in [0, 0.05) is 12.2 Å². The lowest BCUT2D eigenvalue weighted by molar-refractivity contribution is -0.128. The van der Waals surface area contributed by atoms with Gasteiger partial charge >= 0.3 is 0 Å². The third-order valence-corrected chi connectivity index (χ3v) is 3.81. The summed E-state index contributed by atoms with van der Waals surface area (Å²) in [7, 11) is 3.90. The van der Waals surface area contributed by atoms with Gasteiger partial charge in [-0.25, -0.2) is 0 Å². The van der Waals surface area contributed by atoms with E-state index in [0.717, 1.165) is 12.1 Å². The average molecular weight is 251 g/mol. The maximum absolute atomic E-state index is 12.4. The molecule has 0 amide bonds. The van der Waals surface area contributed by atoms with Gasteiger partial charge in [-0.2, -0.15) is 5.10 Å². The molecule has 0 aliphatic heterocycles. The first-order valence-electron chi connectivity index (χ1n) is 6.56. The molecule has 0 saturated carbocycles. The van der Waals surface area contributed by atoms with Gasteiger partial charge in [0.2, 0.25) is 0 Å². The number of aromatic nitrogens is 2. The normalized spacial score (nSPS) is 15.1. The van der Waals surface area contributed by atoms with Gasteiger partial charge in [0.05, 0.1) is 17.7 Å². The fourth-order valence-electron chi connectivity index (χ4n) is 1.88. The van der Waals surface area contributed by atoms with E-state index in [-0.39, 0.29) is 5.78 Å². The summed E-state index contributed by atoms with van der Waals surface area (Å²) in [6, 6.07) is 2.27. The number of carbonyl (C=O) groups excluding carboxylic acids is 1. The minimum Gasteiger partial charge on any atom is -0.297 e. The number of nitrogens with zero attached hydrogens (tertiary/aromatic N) is 3. The van der Waals surface area contributed by atoms with Gasteiger partial charge in [-0.05, 0) is 47.4 Å². The van der Waals surface area contributed by atoms with E-state index in [2.05, 4.69) is 18.9 Å². The van der Waals surface area contributed by atoms with E-state index in [1.807, 2.05) is 49.8 Å². The van der Waals surface area contributed by atoms with Crippen molar-refractivity contribution in [3.05, 3.63) is 18.0 Å². The monoisotopic (exact) mass is 251 g/mol. The van der Waals surface area contributed by atoms with Crippen LogP contribution in [0, 0.1) is 0 Å². The highest BCUT2D eigenvalue weighted by atomic mass is 16.1. The molecule has 102 valence electrons. The van der Waals surface area contributed by atoms with E-state index in [9.17, 15) is 4.79 Å². The summed E-state index contributed by atoms with van der Waals surface area (Å²) in [4.78, 5) is 14.4. The van der Waals surface area contributed by atoms with Gasteiger partial charge in [0.1, 0.15) is 0 Å². The molecular formula is C14H25N3O. The zero-order chi connectivity index (χ0) is 13.9. The summed E-state index contributed by atoms with van der Waals surface area (Å²) >= 11 is 0. The first-order valence-corrected chi connectivity index (χ1v) is 6.56. The maximum Gasteiger partial charge on any atom is 0.158 e. The van der Waals surface area contributed by atoms with Crippen LogP contribution < -0.4 is 0 Å². The third-order valence-electron chi connectivity index (χ3n) is 3.81. The molecule has 0 radical (unpaired) electrons. The summed E-state index contributed by atoms with van der Waals surface area (Å²) < 4.78 is 1.89. The van der Waals surface area contributed by atoms with Crippen molar-refractivity contribution in [3.8, 4) is 0 Å². The number of rotatable bonds is 6. The molecule has 0 N–H and O–H groups in total. The van der Waals surface area contributed by atoms with Gasteiger partial charge in [-0.1, -0.05) is 6.92 Å². The molecule has 1 aromatic rings. The van der Waals surface area contributed by atoms with Crippen LogP contribution in [0.5, 0.6) is 0 Å². The lowest BCUT2D eigenvalue weighted by atomic mass is 9.89. The van der Waals surface area contributed by atoms with E-state index in [1.54, 1.807) is 0 Å². The van der Waals surface area contributed by atoms with Crippen LogP contribution in [-0.2, 0) is 11.2 Å². The summed E-state index contributed by atoms with van der Waals surface area (Å²) in [6.07, 6.45) is 3.15. The SMILES string of the molecule is CCC(C)(C(=O)Cc1ccn(C(C)C)n1)N(C)C. The van der Waals surface area contributed by atoms with E-state index in [4.69, 9.17) is 0 Å². The van der Waals surface area contributed by atoms with Crippen LogP contribution in [0.1, 0.15) is 45.9 Å². The summed E-state index contributed by atoms with van der Waals surface area (Å²) in [6.45, 7) is 8.20. The highest BCUT2D eigenvalue weighted by Crippen LogP contribution is 2.19. The zero-order valence-corrected chi connectivity index (χ0v) is 12.4. The first-order chi connectivity index (χ1) is 8.31. The molecule has 0 aromatic carbocycles. The molecule has 0 aliphatic rings. The molecule has 18 heavy (non-hydrogen) atoms. The van der Waals surface area contributed by atoms with Crippen LogP contribution in [0.3, 0.4) is 0 Å². The second-order valence-electron chi connectivity index (χ2n) is 5.50. The van der Waals surface area contributed by atoms with Gasteiger partial charge in [0.25, 0.3) is 0 Å². The Hall–Kier alpha value is -1.16. The fourth-order valence-corrected chi connectivity index (χ4v) is 1.88. The van der Waals surface area contributed by atoms with Gasteiger partial charge in [-0.15, -0.1) is 0 Å². The second-order valence-corrected chi connectivity index (χ2v) is 5.50. The molecule has 1 rings (SSSR count). The van der Waals surface area contributed by atoms with Crippen molar-refractivity contribution in [1.29, 1.82) is 0 Å². The molecule has 0 aliphatic carbocycles. The highest BCUT2D eigenvalue weighted by Gasteiger charge is 2.33. The Balaban J connectivity index is 2.80. The number of carbonyl (C=O) groups is 1. The quantitative estimate of drug-likeness (QED) is 0.778. The molecule has 0 fully saturated rings. The minimum absolute atomic E-state index is 0.226. The third kappa shape index (κ3) is 2.99. The molecule has 1 aromatic heterocycles. The smallest absolute Gasteiger partial charge is 0.158 e. The predicted molar refractivity (Wildman–Crippen MR) is 73.7 cm³/mol. The second kappa shape index (κ2) is 5.65. The molecule has 0 bridgehead atoms. The summed E-state index contributed by atoms with van der Waals surface area (Å²) in [5, 5.41) is 4.43. The van der Waals surface area contributed by atoms with Crippen molar-refractivity contribution in [2.24, 2.45) is 0 Å². The Bertz CT molecular complexity index is 409. The van der Waals surface area contributed by atoms with E-state index < -0.39 is 5.54 Å². The lowest BCUT2D eigenvalue weighted by Gasteiger charge is -2.33. The van der Waals surface area contributed by atoms with E-state index >= 15 is 0 Å². The summed E-state index contributed by atoms with van der Waals surface area (Å²) in [5.74, 6) is 0.226. The molecule has 1 heterocycles. The number of ketones is 1. The number of hydrogen-bond acceptors (Lipinski definition) is 3. The molecule has 0 saturated heterocycles. The molecule has 0 spiro atoms. The van der Waals surface area contributed by atoms with Crippen molar-refractivity contribution < 1.29 is 4.79 Å². The Labute approximate surface area is 110 Å². The van der Waals surface area contributed by atoms with Crippen molar-refractivity contribution in [3.63, 3.8) is 0 Å². The standard InChI is InChI=1S/C14H25N3O/c1-7-14(4,16(5)6)13(18)10-12-8-9-17(15-12)11(2)3/h8-9,11H,7,10H2,1-6H3. The van der Waals surface area contributed by atoms with Crippen LogP contribution in [-0.4, -0.2) is 40.1 Å². The molecule has 4 nitrogen and oxygen atoms in total. The van der Waals surface area contributed by atoms with Gasteiger partial charge in [0.15, 0.2) is 5.78 Å². The van der Waals surface area contributed by atoms with Crippen LogP contribution >= 0.6 is 0 Å². The van der Waals surface area contributed by atoms with Crippen LogP contribution in [0.25, 0.3) is 0 Å². The summed E-state index contributed by atoms with van der Waals surface area (Å²) in [5.41, 5.74) is 0.456. The van der Waals surface area contributed by atoms with Crippen LogP contribution in [0.4, 0.5) is 0 Å². The molecule has 1 atom stereocenters. The first kappa shape index (κ1) is 14.9. The van der Waals surface area contributed by atoms with Crippen molar-refractivity contribution in [2.75, 3.05) is 14.1 Å². The molecule has 4 heteroatoms. The Morgan fingerprint density at radius 2 is 2.11 bits per heavy atom. The van der Waals surface area contributed by atoms with Gasteiger partial charge in [-0.3, -0.25) is 14.4 Å².